The molecule has 0 aliphatic carbocycles. The molecule has 0 amide bonds. The second-order valence-corrected chi connectivity index (χ2v) is 4.23. The minimum absolute atomic E-state index is 0.0230. The SMILES string of the molecule is CNC(CCOCC(F)F)(C(=O)OC)c1ccccc1. The van der Waals surface area contributed by atoms with Crippen molar-refractivity contribution in [2.75, 3.05) is 27.4 Å². The highest BCUT2D eigenvalue weighted by molar-refractivity contribution is 5.82. The summed E-state index contributed by atoms with van der Waals surface area (Å²) < 4.78 is 33.8. The number of alkyl halides is 2. The molecule has 0 spiro atoms. The molecule has 1 rings (SSSR count). The van der Waals surface area contributed by atoms with Gasteiger partial charge in [-0.3, -0.25) is 0 Å². The van der Waals surface area contributed by atoms with E-state index in [9.17, 15) is 13.6 Å². The molecule has 20 heavy (non-hydrogen) atoms. The zero-order valence-electron chi connectivity index (χ0n) is 11.6. The van der Waals surface area contributed by atoms with Gasteiger partial charge in [-0.1, -0.05) is 30.3 Å². The van der Waals surface area contributed by atoms with Crippen LogP contribution < -0.4 is 5.32 Å². The molecule has 0 bridgehead atoms. The molecule has 1 unspecified atom stereocenters. The van der Waals surface area contributed by atoms with Crippen LogP contribution in [0.4, 0.5) is 8.78 Å². The summed E-state index contributed by atoms with van der Waals surface area (Å²) in [6.45, 7) is -0.620. The highest BCUT2D eigenvalue weighted by Gasteiger charge is 2.39. The number of carbonyl (C=O) groups is 1. The van der Waals surface area contributed by atoms with Crippen molar-refractivity contribution < 1.29 is 23.0 Å². The maximum atomic E-state index is 12.1. The number of halogens is 2. The second-order valence-electron chi connectivity index (χ2n) is 4.23. The average Bonchev–Trinajstić information content (AvgIpc) is 2.48. The fourth-order valence-corrected chi connectivity index (χ4v) is 2.03. The monoisotopic (exact) mass is 287 g/mol. The Kier molecular flexibility index (Phi) is 6.54. The number of ether oxygens (including phenoxy) is 2. The Morgan fingerprint density at radius 1 is 1.35 bits per heavy atom. The van der Waals surface area contributed by atoms with E-state index in [4.69, 9.17) is 9.47 Å². The van der Waals surface area contributed by atoms with Crippen molar-refractivity contribution in [2.45, 2.75) is 18.4 Å². The van der Waals surface area contributed by atoms with Gasteiger partial charge in [0.05, 0.1) is 7.11 Å². The third kappa shape index (κ3) is 3.98. The van der Waals surface area contributed by atoms with Crippen LogP contribution in [0.15, 0.2) is 30.3 Å². The standard InChI is InChI=1S/C14H19F2NO3/c1-17-14(13(18)19-2,8-9-20-10-12(15)16)11-6-4-3-5-7-11/h3-7,12,17H,8-10H2,1-2H3. The Labute approximate surface area is 117 Å². The lowest BCUT2D eigenvalue weighted by Crippen LogP contribution is -2.49. The van der Waals surface area contributed by atoms with Gasteiger partial charge in [-0.05, 0) is 12.6 Å². The van der Waals surface area contributed by atoms with E-state index >= 15 is 0 Å². The van der Waals surface area contributed by atoms with Crippen LogP contribution in [0.2, 0.25) is 0 Å². The van der Waals surface area contributed by atoms with Gasteiger partial charge in [0.1, 0.15) is 12.1 Å². The van der Waals surface area contributed by atoms with Gasteiger partial charge in [0, 0.05) is 13.0 Å². The molecular formula is C14H19F2NO3. The highest BCUT2D eigenvalue weighted by Crippen LogP contribution is 2.26. The van der Waals surface area contributed by atoms with E-state index in [1.165, 1.54) is 7.11 Å². The van der Waals surface area contributed by atoms with Crippen LogP contribution in [0.5, 0.6) is 0 Å². The first-order valence-corrected chi connectivity index (χ1v) is 6.25. The zero-order chi connectivity index (χ0) is 15.0. The molecule has 0 saturated heterocycles. The summed E-state index contributed by atoms with van der Waals surface area (Å²) >= 11 is 0. The van der Waals surface area contributed by atoms with Crippen molar-refractivity contribution in [3.8, 4) is 0 Å². The normalized spacial score (nSPS) is 14.1. The molecule has 1 aromatic carbocycles. The zero-order valence-corrected chi connectivity index (χ0v) is 11.6. The van der Waals surface area contributed by atoms with Gasteiger partial charge in [0.2, 0.25) is 0 Å². The van der Waals surface area contributed by atoms with Crippen molar-refractivity contribution in [3.05, 3.63) is 35.9 Å². The van der Waals surface area contributed by atoms with Crippen molar-refractivity contribution in [1.82, 2.24) is 5.32 Å². The predicted molar refractivity (Wildman–Crippen MR) is 70.6 cm³/mol. The Morgan fingerprint density at radius 3 is 2.50 bits per heavy atom. The van der Waals surface area contributed by atoms with E-state index in [-0.39, 0.29) is 13.0 Å². The summed E-state index contributed by atoms with van der Waals surface area (Å²) in [4.78, 5) is 12.1. The summed E-state index contributed by atoms with van der Waals surface area (Å²) in [7, 11) is 2.91. The van der Waals surface area contributed by atoms with Gasteiger partial charge in [0.15, 0.2) is 0 Å². The van der Waals surface area contributed by atoms with E-state index in [0.29, 0.717) is 5.56 Å². The molecule has 1 aromatic rings. The average molecular weight is 287 g/mol. The lowest BCUT2D eigenvalue weighted by Gasteiger charge is -2.31. The molecule has 112 valence electrons. The topological polar surface area (TPSA) is 47.6 Å². The molecule has 0 radical (unpaired) electrons. The number of likely N-dealkylation sites (N-methyl/N-ethyl adjacent to an activating group) is 1. The van der Waals surface area contributed by atoms with Crippen molar-refractivity contribution in [3.63, 3.8) is 0 Å². The summed E-state index contributed by atoms with van der Waals surface area (Å²) in [6.07, 6.45) is -2.32. The van der Waals surface area contributed by atoms with Gasteiger partial charge in [-0.25, -0.2) is 13.6 Å². The van der Waals surface area contributed by atoms with Crippen molar-refractivity contribution >= 4 is 5.97 Å². The highest BCUT2D eigenvalue weighted by atomic mass is 19.3. The minimum Gasteiger partial charge on any atom is -0.467 e. The molecule has 0 saturated carbocycles. The molecule has 0 aromatic heterocycles. The second kappa shape index (κ2) is 7.91. The van der Waals surface area contributed by atoms with Crippen LogP contribution in [0.3, 0.4) is 0 Å². The molecule has 0 heterocycles. The summed E-state index contributed by atoms with van der Waals surface area (Å²) in [5.41, 5.74) is -0.395. The summed E-state index contributed by atoms with van der Waals surface area (Å²) in [5, 5.41) is 2.93. The van der Waals surface area contributed by atoms with Crippen LogP contribution in [0.1, 0.15) is 12.0 Å². The molecule has 0 fully saturated rings. The third-order valence-corrected chi connectivity index (χ3v) is 3.09. The fourth-order valence-electron chi connectivity index (χ4n) is 2.03. The number of benzene rings is 1. The lowest BCUT2D eigenvalue weighted by atomic mass is 9.87. The number of hydrogen-bond donors (Lipinski definition) is 1. The molecule has 0 aliphatic rings. The number of esters is 1. The number of nitrogens with one attached hydrogen (secondary N) is 1. The van der Waals surface area contributed by atoms with Crippen LogP contribution in [-0.2, 0) is 19.8 Å². The molecular weight excluding hydrogens is 268 g/mol. The first kappa shape index (κ1) is 16.5. The molecule has 6 heteroatoms. The van der Waals surface area contributed by atoms with Crippen LogP contribution in [0, 0.1) is 0 Å². The molecule has 4 nitrogen and oxygen atoms in total. The Morgan fingerprint density at radius 2 is 2.00 bits per heavy atom. The van der Waals surface area contributed by atoms with Crippen molar-refractivity contribution in [1.29, 1.82) is 0 Å². The van der Waals surface area contributed by atoms with Crippen LogP contribution >= 0.6 is 0 Å². The number of methoxy groups -OCH3 is 1. The Hall–Kier alpha value is -1.53. The van der Waals surface area contributed by atoms with E-state index in [1.807, 2.05) is 6.07 Å². The van der Waals surface area contributed by atoms with Gasteiger partial charge in [-0.15, -0.1) is 0 Å². The number of rotatable bonds is 8. The number of carbonyl (C=O) groups excluding carboxylic acids is 1. The Bertz CT molecular complexity index is 414. The smallest absolute Gasteiger partial charge is 0.330 e. The first-order valence-electron chi connectivity index (χ1n) is 6.25. The minimum atomic E-state index is -2.52. The van der Waals surface area contributed by atoms with Gasteiger partial charge < -0.3 is 14.8 Å². The summed E-state index contributed by atoms with van der Waals surface area (Å²) in [6, 6.07) is 8.98. The quantitative estimate of drug-likeness (QED) is 0.586. The summed E-state index contributed by atoms with van der Waals surface area (Å²) in [5.74, 6) is -0.480. The Balaban J connectivity index is 2.87. The predicted octanol–water partition coefficient (Wildman–Crippen LogP) is 1.95. The molecule has 0 aliphatic heterocycles. The van der Waals surface area contributed by atoms with E-state index in [2.05, 4.69) is 5.32 Å². The van der Waals surface area contributed by atoms with Crippen molar-refractivity contribution in [2.24, 2.45) is 0 Å². The van der Waals surface area contributed by atoms with E-state index in [0.717, 1.165) is 0 Å². The first-order chi connectivity index (χ1) is 9.56. The van der Waals surface area contributed by atoms with Gasteiger partial charge >= 0.3 is 5.97 Å². The van der Waals surface area contributed by atoms with E-state index in [1.54, 1.807) is 31.3 Å². The lowest BCUT2D eigenvalue weighted by molar-refractivity contribution is -0.150. The van der Waals surface area contributed by atoms with Gasteiger partial charge in [-0.2, -0.15) is 0 Å². The number of hydrogen-bond acceptors (Lipinski definition) is 4. The third-order valence-electron chi connectivity index (χ3n) is 3.09. The molecule has 1 N–H and O–H groups in total. The fraction of sp³-hybridized carbons (Fsp3) is 0.500. The maximum Gasteiger partial charge on any atom is 0.330 e. The van der Waals surface area contributed by atoms with E-state index < -0.39 is 24.5 Å². The maximum absolute atomic E-state index is 12.1. The van der Waals surface area contributed by atoms with Crippen LogP contribution in [-0.4, -0.2) is 39.8 Å². The van der Waals surface area contributed by atoms with Crippen LogP contribution in [0.25, 0.3) is 0 Å². The largest absolute Gasteiger partial charge is 0.467 e. The molecule has 1 atom stereocenters. The van der Waals surface area contributed by atoms with Gasteiger partial charge in [0.25, 0.3) is 6.43 Å².